The van der Waals surface area contributed by atoms with Gasteiger partial charge in [0.25, 0.3) is 5.56 Å². The molecule has 0 saturated heterocycles. The van der Waals surface area contributed by atoms with Crippen LogP contribution in [0.4, 0.5) is 13.2 Å². The van der Waals surface area contributed by atoms with Crippen molar-refractivity contribution in [2.75, 3.05) is 13.7 Å². The standard InChI is InChI=1S/C25H21F3N4O2S/c1-34-18-8-4-16(5-9-18)24-29-12-19(35-24)13-32-11-10-21-20(14-32)23(33)31-22(30-21)15-2-6-17(7-3-15)25(26,27)28/h2-9,12H,10-11,13-14H2,1H3,(H,30,31,33). The van der Waals surface area contributed by atoms with Crippen molar-refractivity contribution in [3.63, 3.8) is 0 Å². The van der Waals surface area contributed by atoms with Gasteiger partial charge in [-0.05, 0) is 36.4 Å². The fraction of sp³-hybridized carbons (Fsp3) is 0.240. The van der Waals surface area contributed by atoms with Gasteiger partial charge in [0.15, 0.2) is 0 Å². The summed E-state index contributed by atoms with van der Waals surface area (Å²) in [5.74, 6) is 1.07. The number of methoxy groups -OCH3 is 1. The van der Waals surface area contributed by atoms with Gasteiger partial charge in [-0.3, -0.25) is 9.69 Å². The topological polar surface area (TPSA) is 71.1 Å². The molecule has 0 radical (unpaired) electrons. The highest BCUT2D eigenvalue weighted by Crippen LogP contribution is 2.31. The lowest BCUT2D eigenvalue weighted by atomic mass is 10.1. The van der Waals surface area contributed by atoms with Crippen molar-refractivity contribution >= 4 is 11.3 Å². The van der Waals surface area contributed by atoms with Crippen LogP contribution in [-0.2, 0) is 25.7 Å². The van der Waals surface area contributed by atoms with Gasteiger partial charge >= 0.3 is 6.18 Å². The largest absolute Gasteiger partial charge is 0.497 e. The summed E-state index contributed by atoms with van der Waals surface area (Å²) in [5, 5.41) is 0.917. The van der Waals surface area contributed by atoms with E-state index in [4.69, 9.17) is 4.74 Å². The second-order valence-corrected chi connectivity index (χ2v) is 9.35. The first-order valence-electron chi connectivity index (χ1n) is 10.9. The minimum atomic E-state index is -4.41. The third-order valence-corrected chi connectivity index (χ3v) is 6.93. The fourth-order valence-electron chi connectivity index (χ4n) is 4.04. The summed E-state index contributed by atoms with van der Waals surface area (Å²) in [6.07, 6.45) is -1.97. The van der Waals surface area contributed by atoms with Crippen LogP contribution in [0, 0.1) is 0 Å². The summed E-state index contributed by atoms with van der Waals surface area (Å²) in [6, 6.07) is 12.4. The number of nitrogens with zero attached hydrogens (tertiary/aromatic N) is 3. The Hall–Kier alpha value is -3.50. The highest BCUT2D eigenvalue weighted by molar-refractivity contribution is 7.15. The van der Waals surface area contributed by atoms with Gasteiger partial charge in [0.1, 0.15) is 16.6 Å². The van der Waals surface area contributed by atoms with Crippen molar-refractivity contribution in [2.24, 2.45) is 0 Å². The molecular formula is C25H21F3N4O2S. The van der Waals surface area contributed by atoms with Gasteiger partial charge in [0, 0.05) is 48.3 Å². The van der Waals surface area contributed by atoms with Gasteiger partial charge in [-0.25, -0.2) is 9.97 Å². The van der Waals surface area contributed by atoms with Gasteiger partial charge in [0.2, 0.25) is 0 Å². The molecule has 180 valence electrons. The SMILES string of the molecule is COc1ccc(-c2ncc(CN3CCc4nc(-c5ccc(C(F)(F)F)cc5)[nH]c(=O)c4C3)s2)cc1. The van der Waals surface area contributed by atoms with Crippen LogP contribution in [0.3, 0.4) is 0 Å². The van der Waals surface area contributed by atoms with Gasteiger partial charge in [-0.15, -0.1) is 11.3 Å². The van der Waals surface area contributed by atoms with E-state index in [0.717, 1.165) is 33.3 Å². The highest BCUT2D eigenvalue weighted by Gasteiger charge is 2.30. The predicted molar refractivity (Wildman–Crippen MR) is 127 cm³/mol. The Bertz CT molecular complexity index is 1400. The number of benzene rings is 2. The first-order valence-corrected chi connectivity index (χ1v) is 11.7. The molecule has 2 aromatic carbocycles. The van der Waals surface area contributed by atoms with E-state index in [1.165, 1.54) is 12.1 Å². The van der Waals surface area contributed by atoms with Crippen molar-refractivity contribution in [1.29, 1.82) is 0 Å². The number of hydrogen-bond acceptors (Lipinski definition) is 6. The van der Waals surface area contributed by atoms with Crippen molar-refractivity contribution < 1.29 is 17.9 Å². The number of aromatic nitrogens is 3. The number of alkyl halides is 3. The van der Waals surface area contributed by atoms with E-state index in [9.17, 15) is 18.0 Å². The molecule has 2 aromatic heterocycles. The van der Waals surface area contributed by atoms with Crippen molar-refractivity contribution in [3.8, 4) is 27.7 Å². The monoisotopic (exact) mass is 498 g/mol. The van der Waals surface area contributed by atoms with Gasteiger partial charge < -0.3 is 9.72 Å². The first-order chi connectivity index (χ1) is 16.8. The molecule has 1 aliphatic heterocycles. The summed E-state index contributed by atoms with van der Waals surface area (Å²) in [5.41, 5.74) is 1.72. The van der Waals surface area contributed by atoms with E-state index in [-0.39, 0.29) is 11.4 Å². The second kappa shape index (κ2) is 9.27. The van der Waals surface area contributed by atoms with Crippen LogP contribution in [0.2, 0.25) is 0 Å². The number of nitrogens with one attached hydrogen (secondary N) is 1. The smallest absolute Gasteiger partial charge is 0.416 e. The summed E-state index contributed by atoms with van der Waals surface area (Å²) in [7, 11) is 1.63. The van der Waals surface area contributed by atoms with Crippen LogP contribution in [0.1, 0.15) is 21.7 Å². The predicted octanol–water partition coefficient (Wildman–Crippen LogP) is 5.15. The maximum absolute atomic E-state index is 12.8. The van der Waals surface area contributed by atoms with E-state index in [1.54, 1.807) is 18.4 Å². The molecule has 1 N–H and O–H groups in total. The number of H-pyrrole nitrogens is 1. The molecule has 0 bridgehead atoms. The maximum Gasteiger partial charge on any atom is 0.416 e. The molecule has 0 spiro atoms. The average molecular weight is 499 g/mol. The lowest BCUT2D eigenvalue weighted by Crippen LogP contribution is -2.35. The molecular weight excluding hydrogens is 477 g/mol. The van der Waals surface area contributed by atoms with Crippen molar-refractivity contribution in [2.45, 2.75) is 25.7 Å². The van der Waals surface area contributed by atoms with Gasteiger partial charge in [-0.1, -0.05) is 12.1 Å². The summed E-state index contributed by atoms with van der Waals surface area (Å²) >= 11 is 1.61. The van der Waals surface area contributed by atoms with E-state index in [0.29, 0.717) is 42.9 Å². The number of aromatic amines is 1. The van der Waals surface area contributed by atoms with E-state index in [2.05, 4.69) is 19.9 Å². The lowest BCUT2D eigenvalue weighted by molar-refractivity contribution is -0.137. The Morgan fingerprint density at radius 3 is 2.49 bits per heavy atom. The normalized spacial score (nSPS) is 14.1. The Morgan fingerprint density at radius 1 is 1.09 bits per heavy atom. The second-order valence-electron chi connectivity index (χ2n) is 8.24. The lowest BCUT2D eigenvalue weighted by Gasteiger charge is -2.27. The molecule has 0 saturated carbocycles. The summed E-state index contributed by atoms with van der Waals surface area (Å²) in [6.45, 7) is 1.82. The zero-order chi connectivity index (χ0) is 24.6. The van der Waals surface area contributed by atoms with Crippen LogP contribution < -0.4 is 10.3 Å². The number of hydrogen-bond donors (Lipinski definition) is 1. The van der Waals surface area contributed by atoms with Crippen molar-refractivity contribution in [3.05, 3.63) is 86.8 Å². The van der Waals surface area contributed by atoms with E-state index >= 15 is 0 Å². The molecule has 10 heteroatoms. The fourth-order valence-corrected chi connectivity index (χ4v) is 5.00. The van der Waals surface area contributed by atoms with Crippen LogP contribution in [-0.4, -0.2) is 33.5 Å². The molecule has 0 atom stereocenters. The van der Waals surface area contributed by atoms with Gasteiger partial charge in [-0.2, -0.15) is 13.2 Å². The summed E-state index contributed by atoms with van der Waals surface area (Å²) in [4.78, 5) is 27.9. The zero-order valence-electron chi connectivity index (χ0n) is 18.7. The number of halogens is 3. The molecule has 0 amide bonds. The highest BCUT2D eigenvalue weighted by atomic mass is 32.1. The molecule has 0 fully saturated rings. The Morgan fingerprint density at radius 2 is 1.80 bits per heavy atom. The molecule has 35 heavy (non-hydrogen) atoms. The minimum Gasteiger partial charge on any atom is -0.497 e. The minimum absolute atomic E-state index is 0.266. The molecule has 0 aliphatic carbocycles. The maximum atomic E-state index is 12.8. The quantitative estimate of drug-likeness (QED) is 0.412. The zero-order valence-corrected chi connectivity index (χ0v) is 19.5. The van der Waals surface area contributed by atoms with Gasteiger partial charge in [0.05, 0.1) is 23.9 Å². The third-order valence-electron chi connectivity index (χ3n) is 5.90. The summed E-state index contributed by atoms with van der Waals surface area (Å²) < 4.78 is 43.7. The van der Waals surface area contributed by atoms with E-state index in [1.807, 2.05) is 30.5 Å². The third kappa shape index (κ3) is 4.98. The number of rotatable bonds is 5. The molecule has 1 aliphatic rings. The van der Waals surface area contributed by atoms with Crippen LogP contribution in [0.5, 0.6) is 5.75 Å². The van der Waals surface area contributed by atoms with Crippen LogP contribution in [0.25, 0.3) is 22.0 Å². The Kier molecular flexibility index (Phi) is 6.16. The molecule has 6 nitrogen and oxygen atoms in total. The number of thiazole rings is 1. The van der Waals surface area contributed by atoms with E-state index < -0.39 is 11.7 Å². The number of ether oxygens (including phenoxy) is 1. The molecule has 4 aromatic rings. The molecule has 3 heterocycles. The van der Waals surface area contributed by atoms with Crippen molar-refractivity contribution in [1.82, 2.24) is 19.9 Å². The average Bonchev–Trinajstić information content (AvgIpc) is 3.32. The Balaban J connectivity index is 1.30. The van der Waals surface area contributed by atoms with Crippen LogP contribution >= 0.6 is 11.3 Å². The molecule has 5 rings (SSSR count). The first kappa shape index (κ1) is 23.3. The Labute approximate surface area is 203 Å². The number of fused-ring (bicyclic) bond motifs is 1. The van der Waals surface area contributed by atoms with Crippen LogP contribution in [0.15, 0.2) is 59.5 Å². The molecule has 0 unspecified atom stereocenters.